The Morgan fingerprint density at radius 3 is 2.15 bits per heavy atom. The second kappa shape index (κ2) is 3.79. The molecule has 0 fully saturated rings. The fourth-order valence-corrected chi connectivity index (χ4v) is 3.04. The maximum atomic E-state index is 10.9. The first-order chi connectivity index (χ1) is 5.84. The quantitative estimate of drug-likeness (QED) is 0.587. The summed E-state index contributed by atoms with van der Waals surface area (Å²) in [5.41, 5.74) is 0. The summed E-state index contributed by atoms with van der Waals surface area (Å²) in [6, 6.07) is 0. The Bertz CT molecular complexity index is 444. The Hall–Kier alpha value is 0.260. The summed E-state index contributed by atoms with van der Waals surface area (Å²) in [7, 11) is 1.02. The van der Waals surface area contributed by atoms with Crippen molar-refractivity contribution in [3.8, 4) is 0 Å². The highest BCUT2D eigenvalue weighted by molar-refractivity contribution is 8.14. The molecule has 0 atom stereocenters. The Labute approximate surface area is 94.0 Å². The van der Waals surface area contributed by atoms with Crippen LogP contribution in [0.1, 0.15) is 0 Å². The average molecular weight is 281 g/mol. The van der Waals surface area contributed by atoms with E-state index in [1.165, 1.54) is 0 Å². The molecule has 72 valence electrons. The molecule has 0 saturated heterocycles. The van der Waals surface area contributed by atoms with E-state index in [2.05, 4.69) is 4.98 Å². The van der Waals surface area contributed by atoms with Gasteiger partial charge >= 0.3 is 0 Å². The summed E-state index contributed by atoms with van der Waals surface area (Å²) in [6.07, 6.45) is 1.14. The third kappa shape index (κ3) is 2.39. The van der Waals surface area contributed by atoms with Crippen molar-refractivity contribution in [3.63, 3.8) is 0 Å². The van der Waals surface area contributed by atoms with Crippen molar-refractivity contribution in [2.24, 2.45) is 0 Å². The van der Waals surface area contributed by atoms with Crippen molar-refractivity contribution in [1.29, 1.82) is 0 Å². The molecule has 8 heteroatoms. The molecule has 0 aliphatic heterocycles. The standard InChI is InChI=1S/C5HCl4NO2S/c6-2-1-10-5(8)4(3(2)7)13(9,11)12/h1H. The number of aromatic nitrogens is 1. The van der Waals surface area contributed by atoms with Gasteiger partial charge in [0.05, 0.1) is 10.0 Å². The molecule has 0 unspecified atom stereocenters. The van der Waals surface area contributed by atoms with E-state index >= 15 is 0 Å². The molecule has 0 saturated carbocycles. The van der Waals surface area contributed by atoms with E-state index in [4.69, 9.17) is 45.5 Å². The van der Waals surface area contributed by atoms with Crippen LogP contribution < -0.4 is 0 Å². The van der Waals surface area contributed by atoms with Crippen LogP contribution in [-0.4, -0.2) is 13.4 Å². The number of hydrogen-bond donors (Lipinski definition) is 0. The molecular weight excluding hydrogens is 280 g/mol. The van der Waals surface area contributed by atoms with Gasteiger partial charge in [-0.15, -0.1) is 0 Å². The molecule has 0 spiro atoms. The highest BCUT2D eigenvalue weighted by Gasteiger charge is 2.22. The van der Waals surface area contributed by atoms with Crippen LogP contribution in [0.15, 0.2) is 11.1 Å². The minimum atomic E-state index is -4.03. The largest absolute Gasteiger partial charge is 0.265 e. The van der Waals surface area contributed by atoms with Gasteiger partial charge in [-0.25, -0.2) is 13.4 Å². The third-order valence-electron chi connectivity index (χ3n) is 1.13. The predicted octanol–water partition coefficient (Wildman–Crippen LogP) is 2.97. The molecule has 0 radical (unpaired) electrons. The second-order valence-corrected chi connectivity index (χ2v) is 5.62. The van der Waals surface area contributed by atoms with Gasteiger partial charge in [0.25, 0.3) is 9.05 Å². The number of pyridine rings is 1. The summed E-state index contributed by atoms with van der Waals surface area (Å²) in [4.78, 5) is 3.02. The van der Waals surface area contributed by atoms with Gasteiger partial charge in [0.1, 0.15) is 4.90 Å². The molecule has 1 rings (SSSR count). The molecule has 1 aromatic rings. The molecule has 1 heterocycles. The van der Waals surface area contributed by atoms with E-state index in [1.807, 2.05) is 0 Å². The first-order valence-corrected chi connectivity index (χ1v) is 6.22. The zero-order valence-electron chi connectivity index (χ0n) is 5.76. The monoisotopic (exact) mass is 279 g/mol. The molecule has 3 nitrogen and oxygen atoms in total. The van der Waals surface area contributed by atoms with Gasteiger partial charge in [-0.3, -0.25) is 0 Å². The van der Waals surface area contributed by atoms with E-state index in [0.29, 0.717) is 0 Å². The van der Waals surface area contributed by atoms with Gasteiger partial charge in [-0.05, 0) is 0 Å². The zero-order chi connectivity index (χ0) is 10.2. The summed E-state index contributed by atoms with van der Waals surface area (Å²) in [5, 5.41) is -0.550. The highest BCUT2D eigenvalue weighted by atomic mass is 35.7. The van der Waals surface area contributed by atoms with Crippen molar-refractivity contribution >= 4 is 54.5 Å². The summed E-state index contributed by atoms with van der Waals surface area (Å²) < 4.78 is 21.8. The van der Waals surface area contributed by atoms with Crippen LogP contribution in [0, 0.1) is 0 Å². The topological polar surface area (TPSA) is 47.0 Å². The number of hydrogen-bond acceptors (Lipinski definition) is 3. The molecule has 1 aromatic heterocycles. The molecule has 13 heavy (non-hydrogen) atoms. The second-order valence-electron chi connectivity index (χ2n) is 1.98. The lowest BCUT2D eigenvalue weighted by Crippen LogP contribution is -1.95. The predicted molar refractivity (Wildman–Crippen MR) is 52.3 cm³/mol. The molecular formula is C5HCl4NO2S. The first kappa shape index (κ1) is 11.3. The maximum Gasteiger partial charge on any atom is 0.265 e. The summed E-state index contributed by atoms with van der Waals surface area (Å²) in [6.45, 7) is 0. The number of rotatable bonds is 1. The fourth-order valence-electron chi connectivity index (χ4n) is 0.635. The Kier molecular flexibility index (Phi) is 3.30. The Morgan fingerprint density at radius 2 is 1.77 bits per heavy atom. The van der Waals surface area contributed by atoms with Gasteiger partial charge < -0.3 is 0 Å². The average Bonchev–Trinajstić information content (AvgIpc) is 1.95. The lowest BCUT2D eigenvalue weighted by molar-refractivity contribution is 0.609. The van der Waals surface area contributed by atoms with Crippen molar-refractivity contribution in [2.75, 3.05) is 0 Å². The van der Waals surface area contributed by atoms with E-state index in [9.17, 15) is 8.42 Å². The summed E-state index contributed by atoms with van der Waals surface area (Å²) >= 11 is 16.5. The smallest absolute Gasteiger partial charge is 0.241 e. The normalized spacial score (nSPS) is 11.7. The Balaban J connectivity index is 3.62. The minimum absolute atomic E-state index is 0.0229. The van der Waals surface area contributed by atoms with Crippen LogP contribution in [0.3, 0.4) is 0 Å². The highest BCUT2D eigenvalue weighted by Crippen LogP contribution is 2.34. The van der Waals surface area contributed by atoms with Gasteiger partial charge in [0, 0.05) is 16.9 Å². The van der Waals surface area contributed by atoms with Gasteiger partial charge in [0.2, 0.25) is 0 Å². The SMILES string of the molecule is O=S(=O)(Cl)c1c(Cl)ncc(Cl)c1Cl. The number of nitrogens with zero attached hydrogens (tertiary/aromatic N) is 1. The van der Waals surface area contributed by atoms with Gasteiger partial charge in [0.15, 0.2) is 5.15 Å². The minimum Gasteiger partial charge on any atom is -0.241 e. The van der Waals surface area contributed by atoms with Crippen LogP contribution in [-0.2, 0) is 9.05 Å². The van der Waals surface area contributed by atoms with Crippen LogP contribution in [0.5, 0.6) is 0 Å². The van der Waals surface area contributed by atoms with Crippen LogP contribution in [0.25, 0.3) is 0 Å². The Morgan fingerprint density at radius 1 is 1.23 bits per heavy atom. The van der Waals surface area contributed by atoms with Gasteiger partial charge in [-0.2, -0.15) is 0 Å². The molecule has 0 N–H and O–H groups in total. The number of halogens is 4. The maximum absolute atomic E-state index is 10.9. The van der Waals surface area contributed by atoms with E-state index in [-0.39, 0.29) is 15.2 Å². The van der Waals surface area contributed by atoms with Crippen molar-refractivity contribution in [2.45, 2.75) is 4.90 Å². The summed E-state index contributed by atoms with van der Waals surface area (Å²) in [5.74, 6) is 0. The molecule has 0 aliphatic carbocycles. The molecule has 0 bridgehead atoms. The van der Waals surface area contributed by atoms with Gasteiger partial charge in [-0.1, -0.05) is 34.8 Å². The molecule has 0 aliphatic rings. The van der Waals surface area contributed by atoms with Crippen molar-refractivity contribution in [1.82, 2.24) is 4.98 Å². The van der Waals surface area contributed by atoms with Crippen molar-refractivity contribution < 1.29 is 8.42 Å². The molecule has 0 aromatic carbocycles. The first-order valence-electron chi connectivity index (χ1n) is 2.78. The third-order valence-corrected chi connectivity index (χ3v) is 3.77. The van der Waals surface area contributed by atoms with E-state index in [0.717, 1.165) is 6.20 Å². The zero-order valence-corrected chi connectivity index (χ0v) is 9.60. The molecule has 0 amide bonds. The van der Waals surface area contributed by atoms with Crippen LogP contribution in [0.4, 0.5) is 0 Å². The lowest BCUT2D eigenvalue weighted by atomic mass is 10.5. The fraction of sp³-hybridized carbons (Fsp3) is 0. The van der Waals surface area contributed by atoms with Crippen LogP contribution in [0.2, 0.25) is 15.2 Å². The lowest BCUT2D eigenvalue weighted by Gasteiger charge is -2.02. The van der Waals surface area contributed by atoms with E-state index < -0.39 is 13.9 Å². The van der Waals surface area contributed by atoms with Crippen molar-refractivity contribution in [3.05, 3.63) is 21.4 Å². The van der Waals surface area contributed by atoms with Crippen LogP contribution >= 0.6 is 45.5 Å². The van der Waals surface area contributed by atoms with E-state index in [1.54, 1.807) is 0 Å².